The van der Waals surface area contributed by atoms with Gasteiger partial charge in [-0.1, -0.05) is 11.6 Å². The predicted octanol–water partition coefficient (Wildman–Crippen LogP) is 3.18. The Balaban J connectivity index is 1.39. The highest BCUT2D eigenvalue weighted by atomic mass is 35.5. The van der Waals surface area contributed by atoms with Gasteiger partial charge in [0.2, 0.25) is 0 Å². The zero-order chi connectivity index (χ0) is 24.0. The van der Waals surface area contributed by atoms with Crippen molar-refractivity contribution in [1.82, 2.24) is 34.4 Å². The number of carbonyl (C=O) groups is 1. The minimum atomic E-state index is -4.78. The third-order valence-corrected chi connectivity index (χ3v) is 5.97. The van der Waals surface area contributed by atoms with E-state index in [9.17, 15) is 18.0 Å². The fourth-order valence-corrected chi connectivity index (χ4v) is 4.18. The Bertz CT molecular complexity index is 1360. The van der Waals surface area contributed by atoms with Gasteiger partial charge in [-0.25, -0.2) is 14.6 Å². The molecule has 13 heteroatoms. The lowest BCUT2D eigenvalue weighted by Crippen LogP contribution is -2.49. The summed E-state index contributed by atoms with van der Waals surface area (Å²) < 4.78 is 44.3. The van der Waals surface area contributed by atoms with E-state index in [4.69, 9.17) is 11.6 Å². The Morgan fingerprint density at radius 2 is 1.71 bits per heavy atom. The number of benzene rings is 1. The second-order valence-electron chi connectivity index (χ2n) is 7.77. The average molecular weight is 491 g/mol. The van der Waals surface area contributed by atoms with Crippen molar-refractivity contribution < 1.29 is 18.0 Å². The van der Waals surface area contributed by atoms with Crippen LogP contribution in [0, 0.1) is 0 Å². The maximum atomic E-state index is 14.0. The lowest BCUT2D eigenvalue weighted by Gasteiger charge is -2.35. The van der Waals surface area contributed by atoms with Crippen molar-refractivity contribution in [2.45, 2.75) is 6.18 Å². The summed E-state index contributed by atoms with van der Waals surface area (Å²) in [6, 6.07) is 5.76. The number of carbonyl (C=O) groups excluding carboxylic acids is 1. The molecule has 34 heavy (non-hydrogen) atoms. The van der Waals surface area contributed by atoms with Gasteiger partial charge in [0.25, 0.3) is 5.91 Å². The van der Waals surface area contributed by atoms with Crippen LogP contribution in [0.25, 0.3) is 16.7 Å². The molecule has 0 radical (unpaired) electrons. The minimum Gasteiger partial charge on any atom is -0.352 e. The monoisotopic (exact) mass is 490 g/mol. The van der Waals surface area contributed by atoms with Gasteiger partial charge < -0.3 is 9.80 Å². The molecule has 0 bridgehead atoms. The molecule has 1 saturated heterocycles. The molecule has 5 rings (SSSR count). The average Bonchev–Trinajstić information content (AvgIpc) is 3.44. The first-order valence-electron chi connectivity index (χ1n) is 10.3. The second-order valence-corrected chi connectivity index (χ2v) is 8.21. The number of aromatic nitrogens is 6. The van der Waals surface area contributed by atoms with Crippen LogP contribution in [0.1, 0.15) is 16.1 Å². The third kappa shape index (κ3) is 3.83. The summed E-state index contributed by atoms with van der Waals surface area (Å²) in [4.78, 5) is 25.1. The van der Waals surface area contributed by atoms with Gasteiger partial charge >= 0.3 is 6.18 Å². The maximum absolute atomic E-state index is 14.0. The van der Waals surface area contributed by atoms with E-state index in [0.29, 0.717) is 29.6 Å². The standard InChI is InChI=1S/C21H18ClF3N8O/c1-30-18-16(11-28-30)19(27-12-26-18)31-6-8-32(9-7-31)20(34)15-10-29-33(17(15)21(23,24)25)14-4-2-13(22)3-5-14/h2-5,10-12H,6-9H2,1H3. The zero-order valence-corrected chi connectivity index (χ0v) is 18.6. The van der Waals surface area contributed by atoms with Crippen molar-refractivity contribution in [3.05, 3.63) is 59.3 Å². The highest BCUT2D eigenvalue weighted by molar-refractivity contribution is 6.30. The summed E-state index contributed by atoms with van der Waals surface area (Å²) in [6.07, 6.45) is -0.702. The highest BCUT2D eigenvalue weighted by Gasteiger charge is 2.41. The van der Waals surface area contributed by atoms with Crippen molar-refractivity contribution in [2.24, 2.45) is 7.05 Å². The molecular formula is C21H18ClF3N8O. The Hall–Kier alpha value is -3.67. The number of alkyl halides is 3. The van der Waals surface area contributed by atoms with E-state index < -0.39 is 23.3 Å². The molecule has 1 amide bonds. The molecule has 1 aromatic carbocycles. The topological polar surface area (TPSA) is 85.0 Å². The smallest absolute Gasteiger partial charge is 0.352 e. The molecule has 4 aromatic rings. The summed E-state index contributed by atoms with van der Waals surface area (Å²) in [5, 5.41) is 9.22. The summed E-state index contributed by atoms with van der Waals surface area (Å²) in [5.41, 5.74) is -0.777. The molecule has 0 atom stereocenters. The molecule has 0 unspecified atom stereocenters. The summed E-state index contributed by atoms with van der Waals surface area (Å²) in [5.74, 6) is -0.0434. The molecule has 1 aliphatic rings. The van der Waals surface area contributed by atoms with E-state index in [0.717, 1.165) is 16.3 Å². The SMILES string of the molecule is Cn1ncc2c(N3CCN(C(=O)c4cnn(-c5ccc(Cl)cc5)c4C(F)(F)F)CC3)ncnc21. The molecule has 0 aliphatic carbocycles. The van der Waals surface area contributed by atoms with Gasteiger partial charge in [-0.2, -0.15) is 23.4 Å². The van der Waals surface area contributed by atoms with E-state index in [1.54, 1.807) is 17.9 Å². The Kier molecular flexibility index (Phi) is 5.39. The van der Waals surface area contributed by atoms with Crippen molar-refractivity contribution >= 4 is 34.4 Å². The minimum absolute atomic E-state index is 0.157. The molecule has 1 aliphatic heterocycles. The molecule has 1 fully saturated rings. The fourth-order valence-electron chi connectivity index (χ4n) is 4.05. The number of amides is 1. The summed E-state index contributed by atoms with van der Waals surface area (Å²) >= 11 is 5.85. The van der Waals surface area contributed by atoms with Crippen LogP contribution in [0.4, 0.5) is 19.0 Å². The normalized spacial score (nSPS) is 14.7. The molecule has 9 nitrogen and oxygen atoms in total. The predicted molar refractivity (Wildman–Crippen MR) is 118 cm³/mol. The van der Waals surface area contributed by atoms with Gasteiger partial charge in [-0.05, 0) is 24.3 Å². The van der Waals surface area contributed by atoms with Crippen molar-refractivity contribution in [1.29, 1.82) is 0 Å². The highest BCUT2D eigenvalue weighted by Crippen LogP contribution is 2.34. The molecule has 0 saturated carbocycles. The van der Waals surface area contributed by atoms with Crippen molar-refractivity contribution in [2.75, 3.05) is 31.1 Å². The van der Waals surface area contributed by atoms with Crippen molar-refractivity contribution in [3.63, 3.8) is 0 Å². The number of rotatable bonds is 3. The number of piperazine rings is 1. The van der Waals surface area contributed by atoms with E-state index in [2.05, 4.69) is 20.2 Å². The van der Waals surface area contributed by atoms with Crippen molar-refractivity contribution in [3.8, 4) is 5.69 Å². The van der Waals surface area contributed by atoms with E-state index >= 15 is 0 Å². The van der Waals surface area contributed by atoms with Crippen LogP contribution in [0.5, 0.6) is 0 Å². The van der Waals surface area contributed by atoms with Crippen LogP contribution in [-0.2, 0) is 13.2 Å². The quantitative estimate of drug-likeness (QED) is 0.438. The van der Waals surface area contributed by atoms with E-state index in [1.165, 1.54) is 35.5 Å². The number of hydrogen-bond acceptors (Lipinski definition) is 6. The van der Waals surface area contributed by atoms with Gasteiger partial charge in [0.1, 0.15) is 12.1 Å². The first-order valence-corrected chi connectivity index (χ1v) is 10.7. The van der Waals surface area contributed by atoms with Crippen LogP contribution >= 0.6 is 11.6 Å². The Morgan fingerprint density at radius 1 is 1.00 bits per heavy atom. The number of anilines is 1. The summed E-state index contributed by atoms with van der Waals surface area (Å²) in [6.45, 7) is 1.26. The van der Waals surface area contributed by atoms with Crippen LogP contribution in [0.2, 0.25) is 5.02 Å². The van der Waals surface area contributed by atoms with Gasteiger partial charge in [0.15, 0.2) is 11.3 Å². The number of hydrogen-bond donors (Lipinski definition) is 0. The lowest BCUT2D eigenvalue weighted by atomic mass is 10.1. The van der Waals surface area contributed by atoms with Gasteiger partial charge in [0.05, 0.1) is 29.0 Å². The van der Waals surface area contributed by atoms with Gasteiger partial charge in [-0.15, -0.1) is 0 Å². The van der Waals surface area contributed by atoms with Crippen LogP contribution in [-0.4, -0.2) is 66.5 Å². The van der Waals surface area contributed by atoms with Crippen LogP contribution in [0.15, 0.2) is 43.0 Å². The number of fused-ring (bicyclic) bond motifs is 1. The third-order valence-electron chi connectivity index (χ3n) is 5.71. The number of nitrogens with zero attached hydrogens (tertiary/aromatic N) is 8. The molecule has 4 heterocycles. The second kappa shape index (κ2) is 8.28. The van der Waals surface area contributed by atoms with Crippen LogP contribution < -0.4 is 4.90 Å². The Morgan fingerprint density at radius 3 is 2.38 bits per heavy atom. The Labute approximate surface area is 196 Å². The van der Waals surface area contributed by atoms with E-state index in [1.807, 2.05) is 4.90 Å². The largest absolute Gasteiger partial charge is 0.434 e. The molecule has 0 N–H and O–H groups in total. The number of halogens is 4. The molecule has 0 spiro atoms. The van der Waals surface area contributed by atoms with Gasteiger partial charge in [0, 0.05) is 38.2 Å². The first-order chi connectivity index (χ1) is 16.2. The van der Waals surface area contributed by atoms with Gasteiger partial charge in [-0.3, -0.25) is 9.48 Å². The fraction of sp³-hybridized carbons (Fsp3) is 0.286. The maximum Gasteiger partial charge on any atom is 0.434 e. The lowest BCUT2D eigenvalue weighted by molar-refractivity contribution is -0.143. The van der Waals surface area contributed by atoms with E-state index in [-0.39, 0.29) is 18.8 Å². The zero-order valence-electron chi connectivity index (χ0n) is 17.9. The summed E-state index contributed by atoms with van der Waals surface area (Å²) in [7, 11) is 1.78. The van der Waals surface area contributed by atoms with Crippen LogP contribution in [0.3, 0.4) is 0 Å². The number of aryl methyl sites for hydroxylation is 1. The molecule has 176 valence electrons. The first kappa shape index (κ1) is 22.1. The molecular weight excluding hydrogens is 473 g/mol. The molecule has 3 aromatic heterocycles.